The Morgan fingerprint density at radius 1 is 1.29 bits per heavy atom. The molecule has 1 unspecified atom stereocenters. The SMILES string of the molecule is COC(=O)C(C)CC1C2CCC1CC2. The van der Waals surface area contributed by atoms with Crippen molar-refractivity contribution < 1.29 is 9.53 Å². The normalized spacial score (nSPS) is 37.1. The number of rotatable bonds is 3. The molecular weight excluding hydrogens is 176 g/mol. The van der Waals surface area contributed by atoms with E-state index in [4.69, 9.17) is 4.74 Å². The summed E-state index contributed by atoms with van der Waals surface area (Å²) in [5.74, 6) is 2.74. The zero-order chi connectivity index (χ0) is 10.1. The molecule has 1 atom stereocenters. The molecule has 0 spiro atoms. The summed E-state index contributed by atoms with van der Waals surface area (Å²) in [5, 5.41) is 0. The van der Waals surface area contributed by atoms with Gasteiger partial charge in [0.1, 0.15) is 0 Å². The number of fused-ring (bicyclic) bond motifs is 2. The second kappa shape index (κ2) is 3.92. The molecule has 2 nitrogen and oxygen atoms in total. The van der Waals surface area contributed by atoms with Crippen LogP contribution in [0.5, 0.6) is 0 Å². The zero-order valence-electron chi connectivity index (χ0n) is 9.16. The minimum Gasteiger partial charge on any atom is -0.469 e. The molecule has 0 amide bonds. The molecule has 14 heavy (non-hydrogen) atoms. The summed E-state index contributed by atoms with van der Waals surface area (Å²) in [5.41, 5.74) is 0. The highest BCUT2D eigenvalue weighted by molar-refractivity contribution is 5.71. The molecule has 2 aliphatic rings. The van der Waals surface area contributed by atoms with E-state index in [1.165, 1.54) is 32.8 Å². The van der Waals surface area contributed by atoms with E-state index in [1.807, 2.05) is 6.92 Å². The Kier molecular flexibility index (Phi) is 2.80. The van der Waals surface area contributed by atoms with Gasteiger partial charge in [0.05, 0.1) is 13.0 Å². The lowest BCUT2D eigenvalue weighted by Crippen LogP contribution is -2.19. The van der Waals surface area contributed by atoms with Crippen molar-refractivity contribution >= 4 is 5.97 Å². The van der Waals surface area contributed by atoms with Crippen molar-refractivity contribution in [3.8, 4) is 0 Å². The molecule has 0 aromatic rings. The van der Waals surface area contributed by atoms with Crippen LogP contribution in [0.15, 0.2) is 0 Å². The molecule has 0 radical (unpaired) electrons. The van der Waals surface area contributed by atoms with E-state index in [2.05, 4.69) is 0 Å². The molecule has 2 fully saturated rings. The fourth-order valence-corrected chi connectivity index (χ4v) is 3.48. The summed E-state index contributed by atoms with van der Waals surface area (Å²) in [4.78, 5) is 11.3. The average Bonchev–Trinajstić information content (AvgIpc) is 2.76. The first-order valence-corrected chi connectivity index (χ1v) is 5.80. The first-order valence-electron chi connectivity index (χ1n) is 5.80. The van der Waals surface area contributed by atoms with Crippen LogP contribution >= 0.6 is 0 Å². The fourth-order valence-electron chi connectivity index (χ4n) is 3.48. The van der Waals surface area contributed by atoms with E-state index >= 15 is 0 Å². The quantitative estimate of drug-likeness (QED) is 0.649. The minimum atomic E-state index is -0.0312. The molecule has 0 heterocycles. The molecule has 0 aliphatic heterocycles. The Hall–Kier alpha value is -0.530. The number of esters is 1. The first-order chi connectivity index (χ1) is 6.72. The molecule has 0 saturated heterocycles. The highest BCUT2D eigenvalue weighted by Gasteiger charge is 2.42. The Bertz CT molecular complexity index is 204. The van der Waals surface area contributed by atoms with Crippen LogP contribution in [0, 0.1) is 23.7 Å². The van der Waals surface area contributed by atoms with Crippen LogP contribution in [0.4, 0.5) is 0 Å². The van der Waals surface area contributed by atoms with Crippen LogP contribution in [-0.2, 0) is 9.53 Å². The van der Waals surface area contributed by atoms with Crippen molar-refractivity contribution in [1.29, 1.82) is 0 Å². The summed E-state index contributed by atoms with van der Waals surface area (Å²) in [6, 6.07) is 0. The summed E-state index contributed by atoms with van der Waals surface area (Å²) in [6.45, 7) is 2.00. The molecule has 2 rings (SSSR count). The van der Waals surface area contributed by atoms with E-state index in [1.54, 1.807) is 0 Å². The summed E-state index contributed by atoms with van der Waals surface area (Å²) in [7, 11) is 1.49. The number of carbonyl (C=O) groups excluding carboxylic acids is 1. The Balaban J connectivity index is 1.88. The molecule has 2 bridgehead atoms. The number of hydrogen-bond acceptors (Lipinski definition) is 2. The maximum atomic E-state index is 11.3. The van der Waals surface area contributed by atoms with Gasteiger partial charge in [0.15, 0.2) is 0 Å². The predicted molar refractivity (Wildman–Crippen MR) is 54.7 cm³/mol. The summed E-state index contributed by atoms with van der Waals surface area (Å²) in [6.07, 6.45) is 6.68. The van der Waals surface area contributed by atoms with Crippen LogP contribution in [0.25, 0.3) is 0 Å². The maximum absolute atomic E-state index is 11.3. The van der Waals surface area contributed by atoms with E-state index in [0.717, 1.165) is 24.2 Å². The van der Waals surface area contributed by atoms with Crippen molar-refractivity contribution in [2.75, 3.05) is 7.11 Å². The van der Waals surface area contributed by atoms with Crippen molar-refractivity contribution in [3.05, 3.63) is 0 Å². The third kappa shape index (κ3) is 1.67. The number of methoxy groups -OCH3 is 1. The minimum absolute atomic E-state index is 0.0312. The third-order valence-electron chi connectivity index (χ3n) is 4.26. The second-order valence-corrected chi connectivity index (χ2v) is 5.00. The number of ether oxygens (including phenoxy) is 1. The van der Waals surface area contributed by atoms with Gasteiger partial charge in [0.2, 0.25) is 0 Å². The van der Waals surface area contributed by atoms with Crippen molar-refractivity contribution in [1.82, 2.24) is 0 Å². The number of hydrogen-bond donors (Lipinski definition) is 0. The molecule has 80 valence electrons. The van der Waals surface area contributed by atoms with Crippen LogP contribution in [0.1, 0.15) is 39.0 Å². The largest absolute Gasteiger partial charge is 0.469 e. The first kappa shape index (κ1) is 10.0. The van der Waals surface area contributed by atoms with E-state index in [-0.39, 0.29) is 11.9 Å². The van der Waals surface area contributed by atoms with Crippen LogP contribution in [-0.4, -0.2) is 13.1 Å². The lowest BCUT2D eigenvalue weighted by Gasteiger charge is -2.18. The highest BCUT2D eigenvalue weighted by atomic mass is 16.5. The molecule has 0 N–H and O–H groups in total. The standard InChI is InChI=1S/C12H20O2/c1-8(12(13)14-2)7-11-9-3-4-10(11)6-5-9/h8-11H,3-7H2,1-2H3. The van der Waals surface area contributed by atoms with E-state index < -0.39 is 0 Å². The smallest absolute Gasteiger partial charge is 0.308 e. The van der Waals surface area contributed by atoms with Crippen LogP contribution < -0.4 is 0 Å². The van der Waals surface area contributed by atoms with Gasteiger partial charge in [0.25, 0.3) is 0 Å². The van der Waals surface area contributed by atoms with Crippen molar-refractivity contribution in [2.24, 2.45) is 23.7 Å². The molecule has 2 heteroatoms. The molecular formula is C12H20O2. The van der Waals surface area contributed by atoms with Crippen molar-refractivity contribution in [2.45, 2.75) is 39.0 Å². The van der Waals surface area contributed by atoms with Gasteiger partial charge in [-0.25, -0.2) is 0 Å². The lowest BCUT2D eigenvalue weighted by molar-refractivity contribution is -0.145. The Morgan fingerprint density at radius 3 is 2.21 bits per heavy atom. The highest BCUT2D eigenvalue weighted by Crippen LogP contribution is 2.51. The Labute approximate surface area is 86.0 Å². The predicted octanol–water partition coefficient (Wildman–Crippen LogP) is 2.62. The van der Waals surface area contributed by atoms with Crippen LogP contribution in [0.3, 0.4) is 0 Å². The lowest BCUT2D eigenvalue weighted by atomic mass is 9.88. The fraction of sp³-hybridized carbons (Fsp3) is 0.917. The average molecular weight is 196 g/mol. The van der Waals surface area contributed by atoms with Gasteiger partial charge in [-0.1, -0.05) is 6.92 Å². The van der Waals surface area contributed by atoms with E-state index in [9.17, 15) is 4.79 Å². The van der Waals surface area contributed by atoms with Gasteiger partial charge >= 0.3 is 5.97 Å². The Morgan fingerprint density at radius 2 is 1.79 bits per heavy atom. The molecule has 0 aromatic heterocycles. The number of carbonyl (C=O) groups is 1. The summed E-state index contributed by atoms with van der Waals surface area (Å²) < 4.78 is 4.77. The van der Waals surface area contributed by atoms with Gasteiger partial charge in [-0.3, -0.25) is 4.79 Å². The summed E-state index contributed by atoms with van der Waals surface area (Å²) >= 11 is 0. The molecule has 2 saturated carbocycles. The van der Waals surface area contributed by atoms with Gasteiger partial charge in [-0.05, 0) is 49.9 Å². The molecule has 2 aliphatic carbocycles. The van der Waals surface area contributed by atoms with Crippen LogP contribution in [0.2, 0.25) is 0 Å². The zero-order valence-corrected chi connectivity index (χ0v) is 9.16. The van der Waals surface area contributed by atoms with Gasteiger partial charge in [0, 0.05) is 0 Å². The van der Waals surface area contributed by atoms with Gasteiger partial charge < -0.3 is 4.74 Å². The van der Waals surface area contributed by atoms with E-state index in [0.29, 0.717) is 0 Å². The van der Waals surface area contributed by atoms with Gasteiger partial charge in [-0.15, -0.1) is 0 Å². The van der Waals surface area contributed by atoms with Crippen molar-refractivity contribution in [3.63, 3.8) is 0 Å². The monoisotopic (exact) mass is 196 g/mol. The topological polar surface area (TPSA) is 26.3 Å². The molecule has 0 aromatic carbocycles. The maximum Gasteiger partial charge on any atom is 0.308 e. The second-order valence-electron chi connectivity index (χ2n) is 5.00. The third-order valence-corrected chi connectivity index (χ3v) is 4.26. The van der Waals surface area contributed by atoms with Gasteiger partial charge in [-0.2, -0.15) is 0 Å².